The van der Waals surface area contributed by atoms with Gasteiger partial charge in [-0.25, -0.2) is 4.79 Å². The van der Waals surface area contributed by atoms with E-state index in [0.29, 0.717) is 5.76 Å². The van der Waals surface area contributed by atoms with E-state index in [2.05, 4.69) is 5.32 Å². The van der Waals surface area contributed by atoms with Crippen LogP contribution in [0.15, 0.2) is 41.0 Å². The van der Waals surface area contributed by atoms with Gasteiger partial charge in [0.05, 0.1) is 12.8 Å². The number of ether oxygens (including phenoxy) is 1. The molecule has 1 amide bonds. The van der Waals surface area contributed by atoms with Gasteiger partial charge in [0.15, 0.2) is 6.61 Å². The summed E-state index contributed by atoms with van der Waals surface area (Å²) in [5.74, 6) is -0.787. The Labute approximate surface area is 134 Å². The number of carbonyl (C=O) groups is 2. The zero-order valence-corrected chi connectivity index (χ0v) is 13.0. The summed E-state index contributed by atoms with van der Waals surface area (Å²) in [4.78, 5) is 23.3. The van der Waals surface area contributed by atoms with E-state index >= 15 is 0 Å². The number of esters is 1. The van der Waals surface area contributed by atoms with Crippen LogP contribution in [0.25, 0.3) is 0 Å². The van der Waals surface area contributed by atoms with Gasteiger partial charge in [-0.05, 0) is 52.9 Å². The fourth-order valence-electron chi connectivity index (χ4n) is 1.53. The van der Waals surface area contributed by atoms with Crippen molar-refractivity contribution in [2.75, 3.05) is 6.61 Å². The monoisotopic (exact) mass is 401 g/mol. The minimum Gasteiger partial charge on any atom is -0.507 e. The van der Waals surface area contributed by atoms with Crippen molar-refractivity contribution in [3.05, 3.63) is 51.5 Å². The minimum absolute atomic E-state index is 0.0285. The molecule has 0 bridgehead atoms. The lowest BCUT2D eigenvalue weighted by Crippen LogP contribution is -2.28. The normalized spacial score (nSPS) is 10.1. The molecule has 0 saturated heterocycles. The van der Waals surface area contributed by atoms with Crippen LogP contribution in [0, 0.1) is 3.57 Å². The molecule has 0 aliphatic rings. The average molecular weight is 401 g/mol. The maximum Gasteiger partial charge on any atom is 0.342 e. The molecule has 110 valence electrons. The van der Waals surface area contributed by atoms with E-state index in [1.54, 1.807) is 18.2 Å². The first kappa shape index (κ1) is 15.4. The number of hydrogen-bond donors (Lipinski definition) is 2. The third kappa shape index (κ3) is 4.48. The Kier molecular flexibility index (Phi) is 5.20. The molecule has 0 saturated carbocycles. The molecule has 0 aliphatic heterocycles. The first-order valence-electron chi connectivity index (χ1n) is 6.01. The zero-order valence-electron chi connectivity index (χ0n) is 10.8. The first-order valence-corrected chi connectivity index (χ1v) is 7.09. The van der Waals surface area contributed by atoms with Crippen LogP contribution >= 0.6 is 22.6 Å². The summed E-state index contributed by atoms with van der Waals surface area (Å²) in [7, 11) is 0. The minimum atomic E-state index is -0.751. The lowest BCUT2D eigenvalue weighted by Gasteiger charge is -2.07. The number of furan rings is 1. The highest BCUT2D eigenvalue weighted by Gasteiger charge is 2.14. The summed E-state index contributed by atoms with van der Waals surface area (Å²) in [6, 6.07) is 7.97. The van der Waals surface area contributed by atoms with Crippen LogP contribution < -0.4 is 5.32 Å². The average Bonchev–Trinajstić information content (AvgIpc) is 2.98. The van der Waals surface area contributed by atoms with Gasteiger partial charge >= 0.3 is 5.97 Å². The van der Waals surface area contributed by atoms with Crippen LogP contribution in [-0.2, 0) is 16.1 Å². The van der Waals surface area contributed by atoms with Crippen LogP contribution in [-0.4, -0.2) is 23.6 Å². The second-order valence-electron chi connectivity index (χ2n) is 4.09. The fourth-order valence-corrected chi connectivity index (χ4v) is 2.02. The quantitative estimate of drug-likeness (QED) is 0.592. The molecule has 0 radical (unpaired) electrons. The standard InChI is InChI=1S/C14H12INO5/c15-9-3-4-12(17)11(6-9)14(19)21-8-13(18)16-7-10-2-1-5-20-10/h1-6,17H,7-8H2,(H,16,18). The Morgan fingerprint density at radius 1 is 1.33 bits per heavy atom. The highest BCUT2D eigenvalue weighted by atomic mass is 127. The van der Waals surface area contributed by atoms with Crippen molar-refractivity contribution in [1.29, 1.82) is 0 Å². The third-order valence-corrected chi connectivity index (χ3v) is 3.22. The molecule has 0 atom stereocenters. The zero-order chi connectivity index (χ0) is 15.2. The Bertz CT molecular complexity index is 639. The molecule has 21 heavy (non-hydrogen) atoms. The summed E-state index contributed by atoms with van der Waals surface area (Å²) in [5, 5.41) is 12.1. The van der Waals surface area contributed by atoms with Gasteiger partial charge in [-0.15, -0.1) is 0 Å². The van der Waals surface area contributed by atoms with Gasteiger partial charge in [0.2, 0.25) is 0 Å². The Balaban J connectivity index is 1.83. The number of nitrogens with one attached hydrogen (secondary N) is 1. The van der Waals surface area contributed by atoms with Gasteiger partial charge in [-0.1, -0.05) is 0 Å². The maximum atomic E-state index is 11.8. The molecule has 0 unspecified atom stereocenters. The van der Waals surface area contributed by atoms with Crippen LogP contribution in [0.4, 0.5) is 0 Å². The first-order chi connectivity index (χ1) is 10.1. The molecule has 0 aliphatic carbocycles. The SMILES string of the molecule is O=C(COC(=O)c1cc(I)ccc1O)NCc1ccco1. The fraction of sp³-hybridized carbons (Fsp3) is 0.143. The van der Waals surface area contributed by atoms with Crippen molar-refractivity contribution in [2.24, 2.45) is 0 Å². The van der Waals surface area contributed by atoms with E-state index in [0.717, 1.165) is 3.57 Å². The van der Waals surface area contributed by atoms with Gasteiger partial charge in [0, 0.05) is 3.57 Å². The second kappa shape index (κ2) is 7.11. The molecule has 2 rings (SSSR count). The van der Waals surface area contributed by atoms with Crippen molar-refractivity contribution in [1.82, 2.24) is 5.32 Å². The van der Waals surface area contributed by atoms with Gasteiger partial charge in [0.25, 0.3) is 5.91 Å². The molecule has 2 N–H and O–H groups in total. The number of hydrogen-bond acceptors (Lipinski definition) is 5. The summed E-state index contributed by atoms with van der Waals surface area (Å²) < 4.78 is 10.7. The van der Waals surface area contributed by atoms with Gasteiger partial charge in [-0.3, -0.25) is 4.79 Å². The van der Waals surface area contributed by atoms with Crippen molar-refractivity contribution < 1.29 is 23.8 Å². The molecule has 2 aromatic rings. The lowest BCUT2D eigenvalue weighted by atomic mass is 10.2. The highest BCUT2D eigenvalue weighted by molar-refractivity contribution is 14.1. The van der Waals surface area contributed by atoms with E-state index in [1.165, 1.54) is 18.4 Å². The maximum absolute atomic E-state index is 11.8. The smallest absolute Gasteiger partial charge is 0.342 e. The van der Waals surface area contributed by atoms with Crippen LogP contribution in [0.2, 0.25) is 0 Å². The molecule has 1 aromatic heterocycles. The topological polar surface area (TPSA) is 88.8 Å². The highest BCUT2D eigenvalue weighted by Crippen LogP contribution is 2.20. The number of aromatic hydroxyl groups is 1. The summed E-state index contributed by atoms with van der Waals surface area (Å²) in [5.41, 5.74) is 0.0285. The number of phenols is 1. The van der Waals surface area contributed by atoms with Gasteiger partial charge < -0.3 is 19.6 Å². The predicted octanol–water partition coefficient (Wildman–Crippen LogP) is 2.06. The van der Waals surface area contributed by atoms with Gasteiger partial charge in [-0.2, -0.15) is 0 Å². The molecule has 7 heteroatoms. The number of carbonyl (C=O) groups excluding carboxylic acids is 2. The van der Waals surface area contributed by atoms with E-state index in [4.69, 9.17) is 9.15 Å². The Hall–Kier alpha value is -2.03. The molecule has 1 aromatic carbocycles. The molecule has 0 spiro atoms. The summed E-state index contributed by atoms with van der Waals surface area (Å²) in [6.45, 7) is -0.206. The van der Waals surface area contributed by atoms with E-state index in [9.17, 15) is 14.7 Å². The van der Waals surface area contributed by atoms with E-state index < -0.39 is 18.5 Å². The third-order valence-electron chi connectivity index (χ3n) is 2.55. The number of halogens is 1. The molecule has 0 fully saturated rings. The molecular weight excluding hydrogens is 389 g/mol. The van der Waals surface area contributed by atoms with Crippen LogP contribution in [0.1, 0.15) is 16.1 Å². The van der Waals surface area contributed by atoms with Crippen molar-refractivity contribution in [3.8, 4) is 5.75 Å². The Morgan fingerprint density at radius 2 is 2.14 bits per heavy atom. The predicted molar refractivity (Wildman–Crippen MR) is 81.7 cm³/mol. The number of amides is 1. The van der Waals surface area contributed by atoms with E-state index in [-0.39, 0.29) is 17.9 Å². The van der Waals surface area contributed by atoms with Crippen molar-refractivity contribution >= 4 is 34.5 Å². The van der Waals surface area contributed by atoms with Crippen LogP contribution in [0.5, 0.6) is 5.75 Å². The summed E-state index contributed by atoms with van der Waals surface area (Å²) in [6.07, 6.45) is 1.50. The second-order valence-corrected chi connectivity index (χ2v) is 5.34. The van der Waals surface area contributed by atoms with Gasteiger partial charge in [0.1, 0.15) is 17.1 Å². The molecular formula is C14H12INO5. The summed E-state index contributed by atoms with van der Waals surface area (Å²) >= 11 is 2.01. The lowest BCUT2D eigenvalue weighted by molar-refractivity contribution is -0.124. The van der Waals surface area contributed by atoms with Crippen molar-refractivity contribution in [3.63, 3.8) is 0 Å². The molecule has 1 heterocycles. The number of benzene rings is 1. The largest absolute Gasteiger partial charge is 0.507 e. The number of rotatable bonds is 5. The molecule has 6 nitrogen and oxygen atoms in total. The Morgan fingerprint density at radius 3 is 2.86 bits per heavy atom. The van der Waals surface area contributed by atoms with Crippen molar-refractivity contribution in [2.45, 2.75) is 6.54 Å². The van der Waals surface area contributed by atoms with Crippen LogP contribution in [0.3, 0.4) is 0 Å². The van der Waals surface area contributed by atoms with E-state index in [1.807, 2.05) is 22.6 Å². The number of phenolic OH excluding ortho intramolecular Hbond substituents is 1.